The summed E-state index contributed by atoms with van der Waals surface area (Å²) in [4.78, 5) is 9.13. The van der Waals surface area contributed by atoms with Crippen LogP contribution in [0.3, 0.4) is 0 Å². The van der Waals surface area contributed by atoms with Crippen molar-refractivity contribution in [3.05, 3.63) is 34.6 Å². The fraction of sp³-hybridized carbons (Fsp3) is 0.632. The van der Waals surface area contributed by atoms with Gasteiger partial charge in [-0.25, -0.2) is 4.39 Å². The zero-order valence-electron chi connectivity index (χ0n) is 15.8. The molecule has 0 amide bonds. The third-order valence-electron chi connectivity index (χ3n) is 5.06. The fourth-order valence-electron chi connectivity index (χ4n) is 3.39. The third kappa shape index (κ3) is 5.50. The Balaban J connectivity index is 1.57. The molecule has 0 aliphatic carbocycles. The van der Waals surface area contributed by atoms with Crippen molar-refractivity contribution in [3.63, 3.8) is 0 Å². The van der Waals surface area contributed by atoms with E-state index in [1.165, 1.54) is 6.07 Å². The number of nitrogens with one attached hydrogen (secondary N) is 1. The zero-order chi connectivity index (χ0) is 19.3. The summed E-state index contributed by atoms with van der Waals surface area (Å²) in [6, 6.07) is 4.83. The zero-order valence-corrected chi connectivity index (χ0v) is 17.3. The lowest BCUT2D eigenvalue weighted by molar-refractivity contribution is 0.0773. The molecule has 2 aliphatic heterocycles. The van der Waals surface area contributed by atoms with Crippen LogP contribution < -0.4 is 5.32 Å². The van der Waals surface area contributed by atoms with Crippen molar-refractivity contribution in [1.82, 2.24) is 15.1 Å². The van der Waals surface area contributed by atoms with Crippen molar-refractivity contribution in [3.8, 4) is 0 Å². The average molecular weight is 415 g/mol. The second-order valence-electron chi connectivity index (χ2n) is 7.16. The molecule has 8 heteroatoms. The molecule has 2 N–H and O–H groups in total. The number of hydrogen-bond acceptors (Lipinski definition) is 4. The van der Waals surface area contributed by atoms with Crippen LogP contribution in [0.5, 0.6) is 0 Å². The Morgan fingerprint density at radius 2 is 2.15 bits per heavy atom. The number of piperazine rings is 1. The highest BCUT2D eigenvalue weighted by Crippen LogP contribution is 2.28. The maximum Gasteiger partial charge on any atom is 0.194 e. The van der Waals surface area contributed by atoms with Crippen molar-refractivity contribution in [2.24, 2.45) is 4.99 Å². The van der Waals surface area contributed by atoms with Crippen molar-refractivity contribution in [2.75, 3.05) is 50.8 Å². The van der Waals surface area contributed by atoms with Crippen molar-refractivity contribution in [2.45, 2.75) is 25.5 Å². The van der Waals surface area contributed by atoms with Gasteiger partial charge in [0.25, 0.3) is 0 Å². The quantitative estimate of drug-likeness (QED) is 0.572. The van der Waals surface area contributed by atoms with Gasteiger partial charge >= 0.3 is 0 Å². The van der Waals surface area contributed by atoms with Crippen LogP contribution in [-0.2, 0) is 6.54 Å². The molecular formula is C19H28ClFN4OS. The molecule has 2 saturated heterocycles. The number of aliphatic imine (C=N–C) groups is 1. The fourth-order valence-corrected chi connectivity index (χ4v) is 4.90. The van der Waals surface area contributed by atoms with Crippen molar-refractivity contribution < 1.29 is 9.50 Å². The molecule has 1 atom stereocenters. The van der Waals surface area contributed by atoms with Gasteiger partial charge in [0, 0.05) is 55.6 Å². The minimum absolute atomic E-state index is 0.248. The molecule has 2 aliphatic rings. The molecule has 1 aromatic rings. The van der Waals surface area contributed by atoms with E-state index < -0.39 is 5.60 Å². The monoisotopic (exact) mass is 414 g/mol. The normalized spacial score (nSPS) is 24.4. The summed E-state index contributed by atoms with van der Waals surface area (Å²) >= 11 is 7.94. The lowest BCUT2D eigenvalue weighted by Gasteiger charge is -2.37. The maximum atomic E-state index is 14.0. The predicted octanol–water partition coefficient (Wildman–Crippen LogP) is 2.43. The molecule has 2 heterocycles. The molecule has 0 aromatic heterocycles. The highest BCUT2D eigenvalue weighted by molar-refractivity contribution is 7.99. The van der Waals surface area contributed by atoms with Gasteiger partial charge in [0.1, 0.15) is 5.82 Å². The molecule has 0 saturated carbocycles. The third-order valence-corrected chi connectivity index (χ3v) is 6.64. The van der Waals surface area contributed by atoms with Crippen LogP contribution in [0, 0.1) is 5.82 Å². The van der Waals surface area contributed by atoms with Gasteiger partial charge in [-0.1, -0.05) is 17.7 Å². The molecule has 2 fully saturated rings. The summed E-state index contributed by atoms with van der Waals surface area (Å²) in [5, 5.41) is 14.4. The number of nitrogens with zero attached hydrogens (tertiary/aromatic N) is 3. The van der Waals surface area contributed by atoms with Crippen LogP contribution in [-0.4, -0.2) is 77.2 Å². The Morgan fingerprint density at radius 1 is 1.37 bits per heavy atom. The van der Waals surface area contributed by atoms with Crippen LogP contribution in [0.25, 0.3) is 0 Å². The Hall–Kier alpha value is -1.02. The van der Waals surface area contributed by atoms with Gasteiger partial charge in [0.2, 0.25) is 0 Å². The lowest BCUT2D eigenvalue weighted by atomic mass is 10.0. The summed E-state index contributed by atoms with van der Waals surface area (Å²) in [6.07, 6.45) is 0.803. The number of rotatable bonds is 5. The number of hydrogen-bond donors (Lipinski definition) is 2. The SMILES string of the molecule is CCNC(=NCC1(O)CCSC1)N1CCN(Cc2c(F)cccc2Cl)CC1. The smallest absolute Gasteiger partial charge is 0.194 e. The second kappa shape index (κ2) is 9.45. The Morgan fingerprint density at radius 3 is 2.78 bits per heavy atom. The molecule has 5 nitrogen and oxygen atoms in total. The van der Waals surface area contributed by atoms with Crippen LogP contribution in [0.1, 0.15) is 18.9 Å². The predicted molar refractivity (Wildman–Crippen MR) is 111 cm³/mol. The molecule has 0 spiro atoms. The molecule has 1 aromatic carbocycles. The first-order chi connectivity index (χ1) is 13.0. The summed E-state index contributed by atoms with van der Waals surface area (Å²) in [6.45, 7) is 7.04. The first-order valence-corrected chi connectivity index (χ1v) is 11.0. The largest absolute Gasteiger partial charge is 0.387 e. The number of aliphatic hydroxyl groups is 1. The molecule has 27 heavy (non-hydrogen) atoms. The summed E-state index contributed by atoms with van der Waals surface area (Å²) in [5.74, 6) is 2.36. The van der Waals surface area contributed by atoms with E-state index in [4.69, 9.17) is 16.6 Å². The minimum atomic E-state index is -0.672. The molecule has 0 radical (unpaired) electrons. The van der Waals surface area contributed by atoms with Gasteiger partial charge in [-0.15, -0.1) is 0 Å². The van der Waals surface area contributed by atoms with E-state index in [2.05, 4.69) is 15.1 Å². The van der Waals surface area contributed by atoms with Crippen molar-refractivity contribution >= 4 is 29.3 Å². The van der Waals surface area contributed by atoms with Crippen LogP contribution in [0.4, 0.5) is 4.39 Å². The van der Waals surface area contributed by atoms with E-state index in [1.54, 1.807) is 23.9 Å². The molecule has 1 unspecified atom stereocenters. The Kier molecular flexibility index (Phi) is 7.25. The van der Waals surface area contributed by atoms with Crippen molar-refractivity contribution in [1.29, 1.82) is 0 Å². The lowest BCUT2D eigenvalue weighted by Crippen LogP contribution is -2.52. The van der Waals surface area contributed by atoms with Gasteiger partial charge in [-0.3, -0.25) is 9.89 Å². The van der Waals surface area contributed by atoms with E-state index in [9.17, 15) is 9.50 Å². The van der Waals surface area contributed by atoms with Gasteiger partial charge in [-0.2, -0.15) is 11.8 Å². The first kappa shape index (κ1) is 20.7. The summed E-state index contributed by atoms with van der Waals surface area (Å²) < 4.78 is 14.0. The highest BCUT2D eigenvalue weighted by Gasteiger charge is 2.32. The molecule has 150 valence electrons. The Labute approximate surface area is 170 Å². The molecule has 3 rings (SSSR count). The van der Waals surface area contributed by atoms with E-state index >= 15 is 0 Å². The molecular weight excluding hydrogens is 387 g/mol. The van der Waals surface area contributed by atoms with E-state index in [0.717, 1.165) is 56.6 Å². The van der Waals surface area contributed by atoms with Gasteiger partial charge in [0.05, 0.1) is 12.1 Å². The maximum absolute atomic E-state index is 14.0. The van der Waals surface area contributed by atoms with Crippen LogP contribution in [0.15, 0.2) is 23.2 Å². The minimum Gasteiger partial charge on any atom is -0.387 e. The van der Waals surface area contributed by atoms with Crippen LogP contribution >= 0.6 is 23.4 Å². The van der Waals surface area contributed by atoms with E-state index in [-0.39, 0.29) is 5.82 Å². The number of benzene rings is 1. The van der Waals surface area contributed by atoms with E-state index in [0.29, 0.717) is 23.7 Å². The summed E-state index contributed by atoms with van der Waals surface area (Å²) in [5.41, 5.74) is -0.108. The van der Waals surface area contributed by atoms with Gasteiger partial charge in [-0.05, 0) is 31.2 Å². The number of thioether (sulfide) groups is 1. The number of halogens is 2. The standard InChI is InChI=1S/C19H28ClFN4OS/c1-2-22-18(23-13-19(26)6-11-27-14-19)25-9-7-24(8-10-25)12-15-16(20)4-3-5-17(15)21/h3-5,26H,2,6-14H2,1H3,(H,22,23). The van der Waals surface area contributed by atoms with Gasteiger partial charge < -0.3 is 15.3 Å². The first-order valence-electron chi connectivity index (χ1n) is 9.49. The van der Waals surface area contributed by atoms with E-state index in [1.807, 2.05) is 6.92 Å². The Bertz CT molecular complexity index is 641. The summed E-state index contributed by atoms with van der Waals surface area (Å²) in [7, 11) is 0. The van der Waals surface area contributed by atoms with Crippen LogP contribution in [0.2, 0.25) is 5.02 Å². The molecule has 0 bridgehead atoms. The second-order valence-corrected chi connectivity index (χ2v) is 8.67. The number of guanidine groups is 1. The van der Waals surface area contributed by atoms with Gasteiger partial charge in [0.15, 0.2) is 5.96 Å². The highest BCUT2D eigenvalue weighted by atomic mass is 35.5. The average Bonchev–Trinajstić information content (AvgIpc) is 3.09. The topological polar surface area (TPSA) is 51.1 Å².